The SMILES string of the molecule is O=C(Nc1nn(CC2CC2)c2ccccc12)c1c(F)cccc1F. The minimum absolute atomic E-state index is 0.318. The molecule has 1 aliphatic carbocycles. The molecule has 0 aliphatic heterocycles. The van der Waals surface area contributed by atoms with Crippen molar-refractivity contribution in [3.05, 3.63) is 59.7 Å². The number of anilines is 1. The molecule has 0 bridgehead atoms. The van der Waals surface area contributed by atoms with Gasteiger partial charge >= 0.3 is 0 Å². The molecule has 122 valence electrons. The van der Waals surface area contributed by atoms with Crippen LogP contribution in [0.15, 0.2) is 42.5 Å². The van der Waals surface area contributed by atoms with Gasteiger partial charge in [0.15, 0.2) is 5.82 Å². The van der Waals surface area contributed by atoms with Gasteiger partial charge < -0.3 is 5.32 Å². The van der Waals surface area contributed by atoms with E-state index in [9.17, 15) is 13.6 Å². The van der Waals surface area contributed by atoms with Crippen molar-refractivity contribution in [2.75, 3.05) is 5.32 Å². The van der Waals surface area contributed by atoms with Crippen molar-refractivity contribution >= 4 is 22.6 Å². The van der Waals surface area contributed by atoms with Crippen molar-refractivity contribution in [2.24, 2.45) is 5.92 Å². The lowest BCUT2D eigenvalue weighted by molar-refractivity contribution is 0.101. The Labute approximate surface area is 137 Å². The number of amides is 1. The molecule has 24 heavy (non-hydrogen) atoms. The number of aromatic nitrogens is 2. The third kappa shape index (κ3) is 2.64. The number of carbonyl (C=O) groups excluding carboxylic acids is 1. The molecule has 1 aliphatic rings. The number of rotatable bonds is 4. The van der Waals surface area contributed by atoms with E-state index in [-0.39, 0.29) is 0 Å². The molecule has 0 radical (unpaired) electrons. The van der Waals surface area contributed by atoms with Crippen LogP contribution in [-0.4, -0.2) is 15.7 Å². The van der Waals surface area contributed by atoms with Gasteiger partial charge in [-0.3, -0.25) is 9.48 Å². The van der Waals surface area contributed by atoms with Crippen molar-refractivity contribution in [3.8, 4) is 0 Å². The molecule has 1 fully saturated rings. The van der Waals surface area contributed by atoms with E-state index in [1.807, 2.05) is 28.9 Å². The lowest BCUT2D eigenvalue weighted by Gasteiger charge is -2.05. The van der Waals surface area contributed by atoms with Gasteiger partial charge in [0.05, 0.1) is 5.52 Å². The minimum Gasteiger partial charge on any atom is -0.304 e. The van der Waals surface area contributed by atoms with Gasteiger partial charge in [-0.15, -0.1) is 0 Å². The predicted molar refractivity (Wildman–Crippen MR) is 86.8 cm³/mol. The summed E-state index contributed by atoms with van der Waals surface area (Å²) in [6, 6.07) is 10.8. The Bertz CT molecular complexity index is 911. The summed E-state index contributed by atoms with van der Waals surface area (Å²) < 4.78 is 29.4. The summed E-state index contributed by atoms with van der Waals surface area (Å²) in [6.45, 7) is 0.782. The van der Waals surface area contributed by atoms with E-state index >= 15 is 0 Å². The average Bonchev–Trinajstić information content (AvgIpc) is 3.31. The monoisotopic (exact) mass is 327 g/mol. The highest BCUT2D eigenvalue weighted by Crippen LogP contribution is 2.33. The zero-order valence-electron chi connectivity index (χ0n) is 12.8. The molecule has 2 aromatic carbocycles. The van der Waals surface area contributed by atoms with E-state index in [4.69, 9.17) is 0 Å². The first-order valence-electron chi connectivity index (χ1n) is 7.84. The van der Waals surface area contributed by atoms with Gasteiger partial charge in [-0.2, -0.15) is 5.10 Å². The minimum atomic E-state index is -0.894. The van der Waals surface area contributed by atoms with E-state index in [0.717, 1.165) is 29.6 Å². The Morgan fingerprint density at radius 2 is 1.83 bits per heavy atom. The van der Waals surface area contributed by atoms with Crippen LogP contribution < -0.4 is 5.32 Å². The lowest BCUT2D eigenvalue weighted by Crippen LogP contribution is -2.16. The number of para-hydroxylation sites is 1. The molecule has 1 heterocycles. The molecule has 0 atom stereocenters. The van der Waals surface area contributed by atoms with Crippen molar-refractivity contribution in [1.82, 2.24) is 9.78 Å². The maximum absolute atomic E-state index is 13.8. The summed E-state index contributed by atoms with van der Waals surface area (Å²) >= 11 is 0. The highest BCUT2D eigenvalue weighted by atomic mass is 19.1. The second-order valence-corrected chi connectivity index (χ2v) is 6.04. The summed E-state index contributed by atoms with van der Waals surface area (Å²) in [7, 11) is 0. The van der Waals surface area contributed by atoms with E-state index in [0.29, 0.717) is 11.7 Å². The lowest BCUT2D eigenvalue weighted by atomic mass is 10.2. The average molecular weight is 327 g/mol. The van der Waals surface area contributed by atoms with E-state index < -0.39 is 23.1 Å². The zero-order valence-corrected chi connectivity index (χ0v) is 12.8. The Balaban J connectivity index is 1.70. The molecule has 0 saturated heterocycles. The molecule has 1 saturated carbocycles. The second kappa shape index (κ2) is 5.70. The number of benzene rings is 2. The predicted octanol–water partition coefficient (Wildman–Crippen LogP) is 3.98. The van der Waals surface area contributed by atoms with Crippen molar-refractivity contribution < 1.29 is 13.6 Å². The standard InChI is InChI=1S/C18H15F2N3O/c19-13-5-3-6-14(20)16(13)18(24)21-17-12-4-1-2-7-15(12)23(22-17)10-11-8-9-11/h1-7,11H,8-10H2,(H,21,22,24). The van der Waals surface area contributed by atoms with Crippen molar-refractivity contribution in [1.29, 1.82) is 0 Å². The van der Waals surface area contributed by atoms with Gasteiger partial charge in [-0.1, -0.05) is 18.2 Å². The molecule has 0 spiro atoms. The van der Waals surface area contributed by atoms with Crippen molar-refractivity contribution in [3.63, 3.8) is 0 Å². The smallest absolute Gasteiger partial charge is 0.262 e. The first kappa shape index (κ1) is 14.8. The van der Waals surface area contributed by atoms with E-state index in [2.05, 4.69) is 10.4 Å². The molecular weight excluding hydrogens is 312 g/mol. The molecule has 1 amide bonds. The van der Waals surface area contributed by atoms with Crippen molar-refractivity contribution in [2.45, 2.75) is 19.4 Å². The third-order valence-electron chi connectivity index (χ3n) is 4.21. The number of fused-ring (bicyclic) bond motifs is 1. The fraction of sp³-hybridized carbons (Fsp3) is 0.222. The van der Waals surface area contributed by atoms with Crippen LogP contribution in [0, 0.1) is 17.6 Å². The van der Waals surface area contributed by atoms with Crippen LogP contribution in [0.5, 0.6) is 0 Å². The van der Waals surface area contributed by atoms with E-state index in [1.165, 1.54) is 18.9 Å². The molecule has 4 nitrogen and oxygen atoms in total. The summed E-state index contributed by atoms with van der Waals surface area (Å²) in [4.78, 5) is 12.3. The normalized spacial score (nSPS) is 14.1. The van der Waals surface area contributed by atoms with Crippen LogP contribution in [-0.2, 0) is 6.54 Å². The van der Waals surface area contributed by atoms with Gasteiger partial charge in [-0.05, 0) is 43.0 Å². The Hall–Kier alpha value is -2.76. The number of carbonyl (C=O) groups is 1. The molecule has 4 rings (SSSR count). The maximum atomic E-state index is 13.8. The fourth-order valence-electron chi connectivity index (χ4n) is 2.79. The fourth-order valence-corrected chi connectivity index (χ4v) is 2.79. The van der Waals surface area contributed by atoms with Gasteiger partial charge in [-0.25, -0.2) is 8.78 Å². The Morgan fingerprint density at radius 1 is 1.12 bits per heavy atom. The molecule has 0 unspecified atom stereocenters. The second-order valence-electron chi connectivity index (χ2n) is 6.04. The molecule has 1 aromatic heterocycles. The molecular formula is C18H15F2N3O. The van der Waals surface area contributed by atoms with Gasteiger partial charge in [0.1, 0.15) is 17.2 Å². The van der Waals surface area contributed by atoms with Gasteiger partial charge in [0.2, 0.25) is 0 Å². The quantitative estimate of drug-likeness (QED) is 0.788. The highest BCUT2D eigenvalue weighted by Gasteiger charge is 2.24. The zero-order chi connectivity index (χ0) is 16.7. The van der Waals surface area contributed by atoms with Gasteiger partial charge in [0, 0.05) is 11.9 Å². The summed E-state index contributed by atoms with van der Waals surface area (Å²) in [5.41, 5.74) is 0.298. The largest absolute Gasteiger partial charge is 0.304 e. The molecule has 6 heteroatoms. The Morgan fingerprint density at radius 3 is 2.54 bits per heavy atom. The molecule has 1 N–H and O–H groups in total. The summed E-state index contributed by atoms with van der Waals surface area (Å²) in [5.74, 6) is -1.70. The first-order chi connectivity index (χ1) is 11.6. The number of hydrogen-bond donors (Lipinski definition) is 1. The van der Waals surface area contributed by atoms with Crippen LogP contribution in [0.4, 0.5) is 14.6 Å². The molecule has 3 aromatic rings. The summed E-state index contributed by atoms with van der Waals surface area (Å²) in [6.07, 6.45) is 2.35. The maximum Gasteiger partial charge on any atom is 0.262 e. The van der Waals surface area contributed by atoms with Crippen LogP contribution in [0.3, 0.4) is 0 Å². The van der Waals surface area contributed by atoms with Crippen LogP contribution >= 0.6 is 0 Å². The van der Waals surface area contributed by atoms with Crippen LogP contribution in [0.25, 0.3) is 10.9 Å². The first-order valence-corrected chi connectivity index (χ1v) is 7.84. The summed E-state index contributed by atoms with van der Waals surface area (Å²) in [5, 5.41) is 7.73. The number of halogens is 2. The number of nitrogens with zero attached hydrogens (tertiary/aromatic N) is 2. The van der Waals surface area contributed by atoms with Gasteiger partial charge in [0.25, 0.3) is 5.91 Å². The number of nitrogens with one attached hydrogen (secondary N) is 1. The van der Waals surface area contributed by atoms with Crippen LogP contribution in [0.2, 0.25) is 0 Å². The third-order valence-corrected chi connectivity index (χ3v) is 4.21. The van der Waals surface area contributed by atoms with Crippen LogP contribution in [0.1, 0.15) is 23.2 Å². The Kier molecular flexibility index (Phi) is 3.52. The highest BCUT2D eigenvalue weighted by molar-refractivity contribution is 6.08. The van der Waals surface area contributed by atoms with E-state index in [1.54, 1.807) is 0 Å². The topological polar surface area (TPSA) is 46.9 Å². The number of hydrogen-bond acceptors (Lipinski definition) is 2.